The van der Waals surface area contributed by atoms with Gasteiger partial charge in [0.05, 0.1) is 16.9 Å². The number of pyridine rings is 1. The molecule has 21 heavy (non-hydrogen) atoms. The van der Waals surface area contributed by atoms with Gasteiger partial charge in [-0.05, 0) is 18.2 Å². The van der Waals surface area contributed by atoms with Crippen molar-refractivity contribution in [2.75, 3.05) is 0 Å². The summed E-state index contributed by atoms with van der Waals surface area (Å²) >= 11 is 18.0. The lowest BCUT2D eigenvalue weighted by Gasteiger charge is -2.11. The normalized spacial score (nSPS) is 10.8. The van der Waals surface area contributed by atoms with Gasteiger partial charge in [-0.25, -0.2) is 4.68 Å². The fourth-order valence-electron chi connectivity index (χ4n) is 1.95. The Morgan fingerprint density at radius 1 is 1.10 bits per heavy atom. The standard InChI is InChI=1S/C13H7Cl3N4O/c14-7-1-2-11(20-6-12(16)18-19-20)9(3-7)8-4-13(21)17-5-10(8)15/h1-6H,(H,17,21). The van der Waals surface area contributed by atoms with Crippen LogP contribution in [-0.4, -0.2) is 20.0 Å². The van der Waals surface area contributed by atoms with E-state index in [0.29, 0.717) is 26.9 Å². The Kier molecular flexibility index (Phi) is 3.71. The molecule has 0 amide bonds. The van der Waals surface area contributed by atoms with Crippen LogP contribution in [0.4, 0.5) is 0 Å². The minimum atomic E-state index is -0.267. The van der Waals surface area contributed by atoms with Crippen molar-refractivity contribution in [2.24, 2.45) is 0 Å². The van der Waals surface area contributed by atoms with E-state index in [1.807, 2.05) is 0 Å². The van der Waals surface area contributed by atoms with E-state index in [0.717, 1.165) is 0 Å². The van der Waals surface area contributed by atoms with Crippen molar-refractivity contribution in [3.63, 3.8) is 0 Å². The lowest BCUT2D eigenvalue weighted by atomic mass is 10.0. The average Bonchev–Trinajstić information content (AvgIpc) is 2.88. The van der Waals surface area contributed by atoms with Gasteiger partial charge in [0, 0.05) is 28.4 Å². The fourth-order valence-corrected chi connectivity index (χ4v) is 2.45. The second-order valence-corrected chi connectivity index (χ2v) is 5.44. The minimum Gasteiger partial charge on any atom is -0.328 e. The molecule has 1 aromatic carbocycles. The molecule has 0 aliphatic carbocycles. The number of H-pyrrole nitrogens is 1. The molecular formula is C13H7Cl3N4O. The molecule has 0 bridgehead atoms. The number of benzene rings is 1. The predicted octanol–water partition coefficient (Wildman–Crippen LogP) is 3.58. The van der Waals surface area contributed by atoms with Gasteiger partial charge in [0.2, 0.25) is 5.56 Å². The molecule has 0 saturated carbocycles. The summed E-state index contributed by atoms with van der Waals surface area (Å²) in [6.45, 7) is 0. The van der Waals surface area contributed by atoms with Gasteiger partial charge in [0.1, 0.15) is 0 Å². The van der Waals surface area contributed by atoms with Gasteiger partial charge in [-0.15, -0.1) is 5.10 Å². The Labute approximate surface area is 134 Å². The number of aromatic nitrogens is 4. The van der Waals surface area contributed by atoms with Crippen molar-refractivity contribution in [3.05, 3.63) is 62.2 Å². The number of nitrogens with zero attached hydrogens (tertiary/aromatic N) is 3. The number of nitrogens with one attached hydrogen (secondary N) is 1. The summed E-state index contributed by atoms with van der Waals surface area (Å²) in [5.41, 5.74) is 1.59. The molecule has 0 radical (unpaired) electrons. The molecule has 0 fully saturated rings. The van der Waals surface area contributed by atoms with Gasteiger partial charge in [-0.1, -0.05) is 40.0 Å². The van der Waals surface area contributed by atoms with Crippen molar-refractivity contribution in [2.45, 2.75) is 0 Å². The van der Waals surface area contributed by atoms with E-state index in [-0.39, 0.29) is 10.7 Å². The van der Waals surface area contributed by atoms with Crippen molar-refractivity contribution in [1.82, 2.24) is 20.0 Å². The average molecular weight is 342 g/mol. The molecule has 0 saturated heterocycles. The first-order chi connectivity index (χ1) is 10.0. The highest BCUT2D eigenvalue weighted by Gasteiger charge is 2.13. The second-order valence-electron chi connectivity index (χ2n) is 4.21. The van der Waals surface area contributed by atoms with Crippen LogP contribution in [-0.2, 0) is 0 Å². The number of halogens is 3. The maximum atomic E-state index is 11.5. The molecule has 0 aliphatic heterocycles. The molecule has 0 unspecified atom stereocenters. The zero-order valence-electron chi connectivity index (χ0n) is 10.3. The Morgan fingerprint density at radius 3 is 2.62 bits per heavy atom. The van der Waals surface area contributed by atoms with Crippen molar-refractivity contribution in [3.8, 4) is 16.8 Å². The van der Waals surface area contributed by atoms with Gasteiger partial charge in [0.25, 0.3) is 0 Å². The summed E-state index contributed by atoms with van der Waals surface area (Å²) in [4.78, 5) is 14.1. The van der Waals surface area contributed by atoms with Crippen LogP contribution in [0.5, 0.6) is 0 Å². The molecule has 2 aromatic heterocycles. The monoisotopic (exact) mass is 340 g/mol. The Balaban J connectivity index is 2.28. The molecule has 1 N–H and O–H groups in total. The summed E-state index contributed by atoms with van der Waals surface area (Å²) in [5.74, 6) is 0. The third-order valence-corrected chi connectivity index (χ3v) is 3.56. The van der Waals surface area contributed by atoms with Crippen LogP contribution in [0.2, 0.25) is 15.2 Å². The van der Waals surface area contributed by atoms with Crippen LogP contribution in [0, 0.1) is 0 Å². The van der Waals surface area contributed by atoms with Crippen LogP contribution in [0.1, 0.15) is 0 Å². The lowest BCUT2D eigenvalue weighted by Crippen LogP contribution is -2.05. The smallest absolute Gasteiger partial charge is 0.248 e. The van der Waals surface area contributed by atoms with Gasteiger partial charge < -0.3 is 4.98 Å². The largest absolute Gasteiger partial charge is 0.328 e. The van der Waals surface area contributed by atoms with E-state index in [1.54, 1.807) is 24.4 Å². The van der Waals surface area contributed by atoms with E-state index in [1.165, 1.54) is 16.9 Å². The molecular weight excluding hydrogens is 335 g/mol. The zero-order valence-corrected chi connectivity index (χ0v) is 12.6. The molecule has 2 heterocycles. The number of hydrogen-bond acceptors (Lipinski definition) is 3. The lowest BCUT2D eigenvalue weighted by molar-refractivity contribution is 0.804. The van der Waals surface area contributed by atoms with Crippen LogP contribution in [0.3, 0.4) is 0 Å². The second kappa shape index (κ2) is 5.52. The molecule has 3 rings (SSSR count). The maximum absolute atomic E-state index is 11.5. The summed E-state index contributed by atoms with van der Waals surface area (Å²) in [6, 6.07) is 6.56. The number of hydrogen-bond donors (Lipinski definition) is 1. The van der Waals surface area contributed by atoms with Gasteiger partial charge in [-0.2, -0.15) is 0 Å². The van der Waals surface area contributed by atoms with E-state index >= 15 is 0 Å². The first-order valence-electron chi connectivity index (χ1n) is 5.81. The highest BCUT2D eigenvalue weighted by atomic mass is 35.5. The van der Waals surface area contributed by atoms with E-state index in [2.05, 4.69) is 15.3 Å². The van der Waals surface area contributed by atoms with Crippen LogP contribution in [0.15, 0.2) is 41.5 Å². The first-order valence-corrected chi connectivity index (χ1v) is 6.94. The summed E-state index contributed by atoms with van der Waals surface area (Å²) < 4.78 is 1.49. The molecule has 106 valence electrons. The van der Waals surface area contributed by atoms with E-state index in [9.17, 15) is 4.79 Å². The van der Waals surface area contributed by atoms with Gasteiger partial charge in [-0.3, -0.25) is 4.79 Å². The molecule has 0 aliphatic rings. The third-order valence-electron chi connectivity index (χ3n) is 2.83. The van der Waals surface area contributed by atoms with Crippen LogP contribution in [0.25, 0.3) is 16.8 Å². The summed E-state index contributed by atoms with van der Waals surface area (Å²) in [6.07, 6.45) is 2.98. The fraction of sp³-hybridized carbons (Fsp3) is 0. The molecule has 8 heteroatoms. The third kappa shape index (κ3) is 2.81. The van der Waals surface area contributed by atoms with Crippen LogP contribution >= 0.6 is 34.8 Å². The van der Waals surface area contributed by atoms with Crippen molar-refractivity contribution >= 4 is 34.8 Å². The number of aromatic amines is 1. The zero-order chi connectivity index (χ0) is 15.0. The first kappa shape index (κ1) is 14.1. The Hall–Kier alpha value is -1.82. The molecule has 5 nitrogen and oxygen atoms in total. The Morgan fingerprint density at radius 2 is 1.90 bits per heavy atom. The van der Waals surface area contributed by atoms with E-state index < -0.39 is 0 Å². The highest BCUT2D eigenvalue weighted by Crippen LogP contribution is 2.33. The SMILES string of the molecule is O=c1cc(-c2cc(Cl)ccc2-n2cc(Cl)nn2)c(Cl)c[nH]1. The minimum absolute atomic E-state index is 0.257. The Bertz CT molecular complexity index is 872. The molecule has 3 aromatic rings. The molecule has 0 spiro atoms. The highest BCUT2D eigenvalue weighted by molar-refractivity contribution is 6.34. The van der Waals surface area contributed by atoms with Crippen molar-refractivity contribution < 1.29 is 0 Å². The van der Waals surface area contributed by atoms with Crippen LogP contribution < -0.4 is 5.56 Å². The van der Waals surface area contributed by atoms with E-state index in [4.69, 9.17) is 34.8 Å². The maximum Gasteiger partial charge on any atom is 0.248 e. The summed E-state index contributed by atoms with van der Waals surface area (Å²) in [5, 5.41) is 8.81. The topological polar surface area (TPSA) is 63.6 Å². The quantitative estimate of drug-likeness (QED) is 0.775. The van der Waals surface area contributed by atoms with Gasteiger partial charge in [0.15, 0.2) is 5.15 Å². The van der Waals surface area contributed by atoms with Crippen molar-refractivity contribution in [1.29, 1.82) is 0 Å². The summed E-state index contributed by atoms with van der Waals surface area (Å²) in [7, 11) is 0. The predicted molar refractivity (Wildman–Crippen MR) is 82.4 cm³/mol. The number of rotatable bonds is 2. The molecule has 0 atom stereocenters. The van der Waals surface area contributed by atoms with Gasteiger partial charge >= 0.3 is 0 Å².